The Balaban J connectivity index is 2.82. The first-order valence-electron chi connectivity index (χ1n) is 4.07. The van der Waals surface area contributed by atoms with Gasteiger partial charge in [0.05, 0.1) is 5.69 Å². The van der Waals surface area contributed by atoms with Crippen molar-refractivity contribution in [3.05, 3.63) is 17.5 Å². The lowest BCUT2D eigenvalue weighted by atomic mass is 10.1. The molecule has 11 heavy (non-hydrogen) atoms. The fourth-order valence-electron chi connectivity index (χ4n) is 0.848. The number of aromatic nitrogens is 1. The van der Waals surface area contributed by atoms with Crippen LogP contribution in [0.4, 0.5) is 0 Å². The molecule has 0 bridgehead atoms. The zero-order valence-electron chi connectivity index (χ0n) is 7.59. The quantitative estimate of drug-likeness (QED) is 0.653. The van der Waals surface area contributed by atoms with Crippen molar-refractivity contribution in [2.75, 3.05) is 0 Å². The van der Waals surface area contributed by atoms with E-state index in [0.29, 0.717) is 11.8 Å². The maximum absolute atomic E-state index is 5.14. The van der Waals surface area contributed by atoms with E-state index in [1.54, 1.807) is 0 Å². The molecule has 0 aliphatic carbocycles. The summed E-state index contributed by atoms with van der Waals surface area (Å²) in [5.41, 5.74) is 1.05. The molecule has 0 aliphatic heterocycles. The highest BCUT2D eigenvalue weighted by Gasteiger charge is 2.09. The summed E-state index contributed by atoms with van der Waals surface area (Å²) in [5.74, 6) is 1.88. The van der Waals surface area contributed by atoms with Crippen molar-refractivity contribution in [1.82, 2.24) is 5.16 Å². The van der Waals surface area contributed by atoms with Crippen LogP contribution in [-0.4, -0.2) is 5.16 Å². The fourth-order valence-corrected chi connectivity index (χ4v) is 0.848. The van der Waals surface area contributed by atoms with Crippen molar-refractivity contribution in [1.29, 1.82) is 0 Å². The minimum atomic E-state index is 0.440. The van der Waals surface area contributed by atoms with E-state index < -0.39 is 0 Å². The van der Waals surface area contributed by atoms with E-state index in [-0.39, 0.29) is 0 Å². The molecule has 1 aromatic rings. The smallest absolute Gasteiger partial charge is 0.139 e. The lowest BCUT2D eigenvalue weighted by Gasteiger charge is -1.95. The molecular weight excluding hydrogens is 138 g/mol. The molecule has 0 atom stereocenters. The molecule has 0 N–H and O–H groups in total. The highest BCUT2D eigenvalue weighted by Crippen LogP contribution is 2.19. The number of nitrogens with zero attached hydrogens (tertiary/aromatic N) is 1. The van der Waals surface area contributed by atoms with Gasteiger partial charge in [0.25, 0.3) is 0 Å². The van der Waals surface area contributed by atoms with Gasteiger partial charge in [-0.2, -0.15) is 0 Å². The van der Waals surface area contributed by atoms with Crippen LogP contribution in [0.2, 0.25) is 0 Å². The largest absolute Gasteiger partial charge is 0.361 e. The molecule has 2 nitrogen and oxygen atoms in total. The molecule has 0 amide bonds. The average Bonchev–Trinajstić information content (AvgIpc) is 2.33. The molecule has 2 heteroatoms. The van der Waals surface area contributed by atoms with Crippen molar-refractivity contribution < 1.29 is 4.52 Å². The Morgan fingerprint density at radius 3 is 2.09 bits per heavy atom. The monoisotopic (exact) mass is 153 g/mol. The van der Waals surface area contributed by atoms with Crippen LogP contribution in [0.1, 0.15) is 51.0 Å². The molecule has 0 saturated heterocycles. The van der Waals surface area contributed by atoms with E-state index in [2.05, 4.69) is 32.9 Å². The van der Waals surface area contributed by atoms with Gasteiger partial charge in [0, 0.05) is 12.0 Å². The van der Waals surface area contributed by atoms with Gasteiger partial charge in [-0.1, -0.05) is 32.9 Å². The summed E-state index contributed by atoms with van der Waals surface area (Å²) in [5, 5.41) is 3.96. The van der Waals surface area contributed by atoms with Crippen LogP contribution < -0.4 is 0 Å². The van der Waals surface area contributed by atoms with E-state index in [0.717, 1.165) is 11.5 Å². The molecule has 0 aliphatic rings. The van der Waals surface area contributed by atoms with Crippen LogP contribution in [0.25, 0.3) is 0 Å². The average molecular weight is 153 g/mol. The lowest BCUT2D eigenvalue weighted by Crippen LogP contribution is -1.85. The summed E-state index contributed by atoms with van der Waals surface area (Å²) >= 11 is 0. The van der Waals surface area contributed by atoms with Crippen LogP contribution >= 0.6 is 0 Å². The van der Waals surface area contributed by atoms with E-state index in [1.165, 1.54) is 0 Å². The van der Waals surface area contributed by atoms with Gasteiger partial charge >= 0.3 is 0 Å². The summed E-state index contributed by atoms with van der Waals surface area (Å²) in [6.07, 6.45) is 0. The van der Waals surface area contributed by atoms with E-state index >= 15 is 0 Å². The predicted molar refractivity (Wildman–Crippen MR) is 44.7 cm³/mol. The Bertz CT molecular complexity index is 203. The Hall–Kier alpha value is -0.790. The Morgan fingerprint density at radius 1 is 1.18 bits per heavy atom. The molecule has 0 saturated carbocycles. The first-order chi connectivity index (χ1) is 5.11. The summed E-state index contributed by atoms with van der Waals surface area (Å²) in [6, 6.07) is 2.04. The molecule has 0 aromatic carbocycles. The van der Waals surface area contributed by atoms with Gasteiger partial charge in [-0.3, -0.25) is 0 Å². The van der Waals surface area contributed by atoms with Crippen molar-refractivity contribution >= 4 is 0 Å². The molecule has 1 rings (SSSR count). The normalized spacial score (nSPS) is 11.5. The van der Waals surface area contributed by atoms with Gasteiger partial charge in [0.2, 0.25) is 0 Å². The van der Waals surface area contributed by atoms with Crippen LogP contribution in [0, 0.1) is 0 Å². The standard InChI is InChI=1S/C9H15NO/c1-6(2)8-5-9(7(3)4)11-10-8/h5-7H,1-4H3. The Kier molecular flexibility index (Phi) is 2.32. The number of hydrogen-bond acceptors (Lipinski definition) is 2. The van der Waals surface area contributed by atoms with Gasteiger partial charge in [-0.25, -0.2) is 0 Å². The topological polar surface area (TPSA) is 26.0 Å². The summed E-state index contributed by atoms with van der Waals surface area (Å²) in [7, 11) is 0. The highest BCUT2D eigenvalue weighted by molar-refractivity contribution is 5.11. The SMILES string of the molecule is CC(C)c1cc(C(C)C)on1. The second kappa shape index (κ2) is 3.07. The molecule has 1 aromatic heterocycles. The summed E-state index contributed by atoms with van der Waals surface area (Å²) in [6.45, 7) is 8.43. The molecular formula is C9H15NO. The molecule has 0 spiro atoms. The molecule has 62 valence electrons. The third-order valence-corrected chi connectivity index (χ3v) is 1.71. The number of rotatable bonds is 2. The van der Waals surface area contributed by atoms with Crippen LogP contribution in [-0.2, 0) is 0 Å². The van der Waals surface area contributed by atoms with Crippen molar-refractivity contribution in [3.63, 3.8) is 0 Å². The molecule has 0 unspecified atom stereocenters. The van der Waals surface area contributed by atoms with E-state index in [9.17, 15) is 0 Å². The van der Waals surface area contributed by atoms with Crippen LogP contribution in [0.5, 0.6) is 0 Å². The van der Waals surface area contributed by atoms with Crippen LogP contribution in [0.15, 0.2) is 10.6 Å². The van der Waals surface area contributed by atoms with Gasteiger partial charge in [0.15, 0.2) is 0 Å². The summed E-state index contributed by atoms with van der Waals surface area (Å²) in [4.78, 5) is 0. The third kappa shape index (κ3) is 1.82. The van der Waals surface area contributed by atoms with Gasteiger partial charge in [0.1, 0.15) is 5.76 Å². The van der Waals surface area contributed by atoms with E-state index in [1.807, 2.05) is 6.07 Å². The van der Waals surface area contributed by atoms with E-state index in [4.69, 9.17) is 4.52 Å². The van der Waals surface area contributed by atoms with Crippen molar-refractivity contribution in [3.8, 4) is 0 Å². The summed E-state index contributed by atoms with van der Waals surface area (Å²) < 4.78 is 5.14. The fraction of sp³-hybridized carbons (Fsp3) is 0.667. The van der Waals surface area contributed by atoms with Crippen molar-refractivity contribution in [2.45, 2.75) is 39.5 Å². The van der Waals surface area contributed by atoms with Gasteiger partial charge in [-0.15, -0.1) is 0 Å². The minimum Gasteiger partial charge on any atom is -0.361 e. The van der Waals surface area contributed by atoms with Gasteiger partial charge in [-0.05, 0) is 5.92 Å². The maximum atomic E-state index is 5.14. The second-order valence-corrected chi connectivity index (χ2v) is 3.46. The molecule has 0 radical (unpaired) electrons. The zero-order chi connectivity index (χ0) is 8.43. The highest BCUT2D eigenvalue weighted by atomic mass is 16.5. The predicted octanol–water partition coefficient (Wildman–Crippen LogP) is 2.92. The third-order valence-electron chi connectivity index (χ3n) is 1.71. The number of hydrogen-bond donors (Lipinski definition) is 0. The Labute approximate surface area is 67.6 Å². The second-order valence-electron chi connectivity index (χ2n) is 3.46. The van der Waals surface area contributed by atoms with Crippen molar-refractivity contribution in [2.24, 2.45) is 0 Å². The van der Waals surface area contributed by atoms with Crippen LogP contribution in [0.3, 0.4) is 0 Å². The first kappa shape index (κ1) is 8.31. The maximum Gasteiger partial charge on any atom is 0.139 e. The lowest BCUT2D eigenvalue weighted by molar-refractivity contribution is 0.363. The van der Waals surface area contributed by atoms with Gasteiger partial charge < -0.3 is 4.52 Å². The first-order valence-corrected chi connectivity index (χ1v) is 4.07. The molecule has 0 fully saturated rings. The minimum absolute atomic E-state index is 0.440. The Morgan fingerprint density at radius 2 is 1.82 bits per heavy atom. The molecule has 1 heterocycles. The zero-order valence-corrected chi connectivity index (χ0v) is 7.59.